The fourth-order valence-corrected chi connectivity index (χ4v) is 6.11. The van der Waals surface area contributed by atoms with Gasteiger partial charge in [-0.25, -0.2) is 0 Å². The monoisotopic (exact) mass is 483 g/mol. The van der Waals surface area contributed by atoms with E-state index in [2.05, 4.69) is 65.0 Å². The highest BCUT2D eigenvalue weighted by molar-refractivity contribution is 6.44. The van der Waals surface area contributed by atoms with Crippen LogP contribution in [0.3, 0.4) is 0 Å². The molecule has 0 heterocycles. The van der Waals surface area contributed by atoms with E-state index in [4.69, 9.17) is 8.85 Å². The summed E-state index contributed by atoms with van der Waals surface area (Å²) in [5, 5.41) is 10.1. The second-order valence-electron chi connectivity index (χ2n) is 9.97. The Morgan fingerprint density at radius 1 is 0.735 bits per heavy atom. The minimum absolute atomic E-state index is 0.184. The van der Waals surface area contributed by atoms with E-state index >= 15 is 0 Å². The van der Waals surface area contributed by atoms with Gasteiger partial charge in [0.25, 0.3) is 0 Å². The highest BCUT2D eigenvalue weighted by Gasteiger charge is 2.19. The minimum atomic E-state index is -1.29. The summed E-state index contributed by atoms with van der Waals surface area (Å²) in [7, 11) is -1.29. The van der Waals surface area contributed by atoms with Crippen molar-refractivity contribution >= 4 is 9.28 Å². The Morgan fingerprint density at radius 3 is 1.97 bits per heavy atom. The number of benzene rings is 2. The average molecular weight is 484 g/mol. The third kappa shape index (κ3) is 11.2. The van der Waals surface area contributed by atoms with Crippen LogP contribution in [0.25, 0.3) is 11.1 Å². The summed E-state index contributed by atoms with van der Waals surface area (Å²) in [6, 6.07) is 15.7. The molecule has 1 N–H and O–H groups in total. The molecule has 0 aliphatic heterocycles. The Kier molecular flexibility index (Phi) is 13.6. The molecule has 34 heavy (non-hydrogen) atoms. The van der Waals surface area contributed by atoms with Gasteiger partial charge in [-0.1, -0.05) is 75.8 Å². The largest absolute Gasteiger partial charge is 0.508 e. The van der Waals surface area contributed by atoms with Crippen molar-refractivity contribution in [2.24, 2.45) is 0 Å². The smallest absolute Gasteiger partial charge is 0.385 e. The normalized spacial score (nSPS) is 11.8. The van der Waals surface area contributed by atoms with Gasteiger partial charge in [0.15, 0.2) is 0 Å². The van der Waals surface area contributed by atoms with Crippen LogP contribution in [-0.2, 0) is 21.7 Å². The van der Waals surface area contributed by atoms with E-state index in [1.54, 1.807) is 6.07 Å². The summed E-state index contributed by atoms with van der Waals surface area (Å²) in [5.41, 5.74) is 5.04. The lowest BCUT2D eigenvalue weighted by Crippen LogP contribution is -2.29. The first kappa shape index (κ1) is 28.6. The van der Waals surface area contributed by atoms with Crippen LogP contribution < -0.4 is 0 Å². The van der Waals surface area contributed by atoms with Gasteiger partial charge in [0.1, 0.15) is 5.75 Å². The van der Waals surface area contributed by atoms with Gasteiger partial charge >= 0.3 is 9.28 Å². The molecule has 0 aliphatic rings. The molecule has 0 saturated heterocycles. The first-order chi connectivity index (χ1) is 16.4. The SMILES string of the molecule is CCCCCCCCCc1ccc(-c2ccc(O)cc2CCC[Si](OC(C)C)OC(C)C)cc1. The average Bonchev–Trinajstić information content (AvgIpc) is 2.78. The van der Waals surface area contributed by atoms with Crippen LogP contribution in [-0.4, -0.2) is 26.6 Å². The van der Waals surface area contributed by atoms with E-state index in [-0.39, 0.29) is 12.2 Å². The first-order valence-electron chi connectivity index (χ1n) is 13.5. The van der Waals surface area contributed by atoms with Gasteiger partial charge in [-0.3, -0.25) is 0 Å². The van der Waals surface area contributed by atoms with Crippen LogP contribution in [0.5, 0.6) is 5.75 Å². The molecule has 0 unspecified atom stereocenters. The molecule has 2 rings (SSSR count). The Balaban J connectivity index is 1.93. The predicted molar refractivity (Wildman–Crippen MR) is 147 cm³/mol. The molecule has 0 aromatic heterocycles. The van der Waals surface area contributed by atoms with Gasteiger partial charge in [-0.15, -0.1) is 0 Å². The molecule has 0 bridgehead atoms. The molecule has 0 saturated carbocycles. The lowest BCUT2D eigenvalue weighted by molar-refractivity contribution is 0.129. The van der Waals surface area contributed by atoms with E-state index in [1.807, 2.05) is 6.07 Å². The molecule has 0 amide bonds. The van der Waals surface area contributed by atoms with Crippen LogP contribution >= 0.6 is 0 Å². The fourth-order valence-electron chi connectivity index (χ4n) is 4.30. The lowest BCUT2D eigenvalue weighted by Gasteiger charge is -2.20. The van der Waals surface area contributed by atoms with Crippen LogP contribution in [0.4, 0.5) is 0 Å². The predicted octanol–water partition coefficient (Wildman–Crippen LogP) is 8.62. The molecule has 4 heteroatoms. The standard InChI is InChI=1S/C30H47O3Si/c1-6-7-8-9-10-11-12-14-26-16-18-27(19-17-26)30-21-20-29(31)23-28(30)15-13-22-34(32-24(2)3)33-25(4)5/h16-21,23-25,31H,6-15,22H2,1-5H3. The van der Waals surface area contributed by atoms with E-state index < -0.39 is 9.28 Å². The molecule has 3 nitrogen and oxygen atoms in total. The highest BCUT2D eigenvalue weighted by Crippen LogP contribution is 2.29. The topological polar surface area (TPSA) is 38.7 Å². The molecule has 2 aromatic carbocycles. The zero-order chi connectivity index (χ0) is 24.8. The molecule has 1 radical (unpaired) electrons. The molecule has 0 aliphatic carbocycles. The quantitative estimate of drug-likeness (QED) is 0.181. The maximum atomic E-state index is 10.1. The molecule has 0 atom stereocenters. The van der Waals surface area contributed by atoms with Crippen molar-refractivity contribution < 1.29 is 14.0 Å². The number of hydrogen-bond donors (Lipinski definition) is 1. The molecule has 2 aromatic rings. The summed E-state index contributed by atoms with van der Waals surface area (Å²) < 4.78 is 12.1. The molecular weight excluding hydrogens is 436 g/mol. The minimum Gasteiger partial charge on any atom is -0.508 e. The second kappa shape index (κ2) is 16.1. The van der Waals surface area contributed by atoms with Crippen molar-refractivity contribution in [1.82, 2.24) is 0 Å². The second-order valence-corrected chi connectivity index (χ2v) is 11.7. The maximum Gasteiger partial charge on any atom is 0.385 e. The Morgan fingerprint density at radius 2 is 1.35 bits per heavy atom. The first-order valence-corrected chi connectivity index (χ1v) is 15.0. The maximum absolute atomic E-state index is 10.1. The fraction of sp³-hybridized carbons (Fsp3) is 0.600. The van der Waals surface area contributed by atoms with E-state index in [9.17, 15) is 5.11 Å². The summed E-state index contributed by atoms with van der Waals surface area (Å²) in [6.45, 7) is 10.5. The number of aromatic hydroxyl groups is 1. The summed E-state index contributed by atoms with van der Waals surface area (Å²) in [5.74, 6) is 0.330. The van der Waals surface area contributed by atoms with Crippen molar-refractivity contribution in [2.45, 2.75) is 117 Å². The zero-order valence-corrected chi connectivity index (χ0v) is 23.2. The summed E-state index contributed by atoms with van der Waals surface area (Å²) in [6.07, 6.45) is 12.8. The number of aryl methyl sites for hydroxylation is 2. The third-order valence-electron chi connectivity index (χ3n) is 5.98. The molecular formula is C30H47O3Si. The third-order valence-corrected chi connectivity index (χ3v) is 8.21. The summed E-state index contributed by atoms with van der Waals surface area (Å²) in [4.78, 5) is 0. The van der Waals surface area contributed by atoms with Crippen LogP contribution in [0, 0.1) is 0 Å². The lowest BCUT2D eigenvalue weighted by atomic mass is 9.95. The van der Waals surface area contributed by atoms with Gasteiger partial charge in [0.05, 0.1) is 0 Å². The van der Waals surface area contributed by atoms with Crippen molar-refractivity contribution in [2.75, 3.05) is 0 Å². The van der Waals surface area contributed by atoms with Crippen LogP contribution in [0.2, 0.25) is 6.04 Å². The molecule has 0 fully saturated rings. The van der Waals surface area contributed by atoms with Crippen LogP contribution in [0.1, 0.15) is 97.1 Å². The van der Waals surface area contributed by atoms with E-state index in [1.165, 1.54) is 67.2 Å². The Labute approximate surface area is 210 Å². The van der Waals surface area contributed by atoms with Crippen LogP contribution in [0.15, 0.2) is 42.5 Å². The van der Waals surface area contributed by atoms with E-state index in [0.717, 1.165) is 25.3 Å². The van der Waals surface area contributed by atoms with Crippen molar-refractivity contribution in [3.05, 3.63) is 53.6 Å². The van der Waals surface area contributed by atoms with Gasteiger partial charge in [0.2, 0.25) is 0 Å². The Bertz CT molecular complexity index is 791. The van der Waals surface area contributed by atoms with Crippen molar-refractivity contribution in [3.63, 3.8) is 0 Å². The van der Waals surface area contributed by atoms with Crippen molar-refractivity contribution in [1.29, 1.82) is 0 Å². The van der Waals surface area contributed by atoms with Gasteiger partial charge in [0, 0.05) is 12.2 Å². The Hall–Kier alpha value is -1.62. The number of rotatable bonds is 17. The molecule has 189 valence electrons. The van der Waals surface area contributed by atoms with Gasteiger partial charge in [-0.05, 0) is 93.8 Å². The van der Waals surface area contributed by atoms with Gasteiger partial charge < -0.3 is 14.0 Å². The summed E-state index contributed by atoms with van der Waals surface area (Å²) >= 11 is 0. The number of phenols is 1. The zero-order valence-electron chi connectivity index (χ0n) is 22.2. The van der Waals surface area contributed by atoms with Crippen molar-refractivity contribution in [3.8, 4) is 16.9 Å². The highest BCUT2D eigenvalue weighted by atomic mass is 28.3. The number of unbranched alkanes of at least 4 members (excludes halogenated alkanes) is 6. The molecule has 0 spiro atoms. The van der Waals surface area contributed by atoms with Gasteiger partial charge in [-0.2, -0.15) is 0 Å². The van der Waals surface area contributed by atoms with E-state index in [0.29, 0.717) is 5.75 Å². The number of hydrogen-bond acceptors (Lipinski definition) is 3. The number of phenolic OH excluding ortho intramolecular Hbond substituents is 1.